The van der Waals surface area contributed by atoms with Crippen molar-refractivity contribution in [3.63, 3.8) is 0 Å². The largest absolute Gasteiger partial charge is 0.506 e. The van der Waals surface area contributed by atoms with Crippen LogP contribution < -0.4 is 5.73 Å². The molecule has 0 spiro atoms. The molecule has 0 unspecified atom stereocenters. The van der Waals surface area contributed by atoms with E-state index in [1.54, 1.807) is 48.5 Å². The van der Waals surface area contributed by atoms with E-state index >= 15 is 0 Å². The molecule has 11 heteroatoms. The van der Waals surface area contributed by atoms with Gasteiger partial charge in [0.1, 0.15) is 16.8 Å². The summed E-state index contributed by atoms with van der Waals surface area (Å²) in [4.78, 5) is 0.223. The molecular formula is C21H11Br2Cl4N3OS. The summed E-state index contributed by atoms with van der Waals surface area (Å²) in [5, 5.41) is 28.0. The Morgan fingerprint density at radius 2 is 1.25 bits per heavy atom. The number of hydrogen-bond donors (Lipinski definition) is 2. The van der Waals surface area contributed by atoms with Crippen LogP contribution in [0.5, 0.6) is 5.75 Å². The van der Waals surface area contributed by atoms with Crippen LogP contribution in [0.3, 0.4) is 0 Å². The Bertz CT molecular complexity index is 1160. The van der Waals surface area contributed by atoms with Crippen LogP contribution in [0, 0.1) is 22.7 Å². The molecule has 0 aliphatic carbocycles. The normalized spacial score (nSPS) is 9.25. The van der Waals surface area contributed by atoms with Crippen molar-refractivity contribution in [1.29, 1.82) is 10.5 Å². The van der Waals surface area contributed by atoms with Gasteiger partial charge in [-0.1, -0.05) is 70.8 Å². The van der Waals surface area contributed by atoms with E-state index in [-0.39, 0.29) is 10.7 Å². The van der Waals surface area contributed by atoms with Gasteiger partial charge in [-0.2, -0.15) is 10.5 Å². The summed E-state index contributed by atoms with van der Waals surface area (Å²) in [7, 11) is 0. The summed E-state index contributed by atoms with van der Waals surface area (Å²) in [6.45, 7) is 0. The van der Waals surface area contributed by atoms with Crippen molar-refractivity contribution < 1.29 is 5.11 Å². The zero-order valence-electron chi connectivity index (χ0n) is 15.7. The minimum absolute atomic E-state index is 0.115. The lowest BCUT2D eigenvalue weighted by Gasteiger charge is -2.02. The zero-order valence-corrected chi connectivity index (χ0v) is 22.7. The highest BCUT2D eigenvalue weighted by molar-refractivity contribution is 9.11. The number of phenols is 1. The first-order chi connectivity index (χ1) is 15.0. The van der Waals surface area contributed by atoms with Gasteiger partial charge in [-0.15, -0.1) is 0 Å². The second-order valence-corrected chi connectivity index (χ2v) is 9.35. The average Bonchev–Trinajstić information content (AvgIpc) is 2.72. The van der Waals surface area contributed by atoms with E-state index in [2.05, 4.69) is 31.9 Å². The number of hydrogen-bond acceptors (Lipinski definition) is 4. The second kappa shape index (κ2) is 13.9. The summed E-state index contributed by atoms with van der Waals surface area (Å²) in [6, 6.07) is 17.1. The highest BCUT2D eigenvalue weighted by Crippen LogP contribution is 2.33. The lowest BCUT2D eigenvalue weighted by molar-refractivity contribution is 0.468. The number of halogens is 6. The molecule has 0 fully saturated rings. The Labute approximate surface area is 227 Å². The van der Waals surface area contributed by atoms with Crippen LogP contribution in [0.15, 0.2) is 57.5 Å². The Morgan fingerprint density at radius 1 is 0.844 bits per heavy atom. The number of nitriles is 2. The minimum Gasteiger partial charge on any atom is -0.506 e. The summed E-state index contributed by atoms with van der Waals surface area (Å²) >= 11 is 33.7. The van der Waals surface area contributed by atoms with Gasteiger partial charge in [0.15, 0.2) is 0 Å². The fourth-order valence-corrected chi connectivity index (χ4v) is 4.57. The van der Waals surface area contributed by atoms with Gasteiger partial charge in [-0.05, 0) is 68.3 Å². The van der Waals surface area contributed by atoms with Crippen molar-refractivity contribution in [3.8, 4) is 17.9 Å². The molecule has 0 aliphatic rings. The molecule has 0 saturated heterocycles. The predicted octanol–water partition coefficient (Wildman–Crippen LogP) is 8.28. The number of nitrogens with zero attached hydrogens (tertiary/aromatic N) is 2. The zero-order chi connectivity index (χ0) is 24.4. The molecule has 0 bridgehead atoms. The van der Waals surface area contributed by atoms with E-state index in [9.17, 15) is 5.11 Å². The van der Waals surface area contributed by atoms with Gasteiger partial charge in [0, 0.05) is 5.56 Å². The molecule has 0 aromatic heterocycles. The van der Waals surface area contributed by atoms with Crippen molar-refractivity contribution in [2.24, 2.45) is 5.73 Å². The van der Waals surface area contributed by atoms with E-state index in [0.717, 1.165) is 0 Å². The molecular weight excluding hydrogens is 644 g/mol. The lowest BCUT2D eigenvalue weighted by atomic mass is 10.2. The topological polar surface area (TPSA) is 93.8 Å². The van der Waals surface area contributed by atoms with E-state index in [1.165, 1.54) is 0 Å². The van der Waals surface area contributed by atoms with Gasteiger partial charge in [0.25, 0.3) is 0 Å². The summed E-state index contributed by atoms with van der Waals surface area (Å²) in [6.07, 6.45) is 0. The van der Waals surface area contributed by atoms with E-state index < -0.39 is 0 Å². The van der Waals surface area contributed by atoms with Crippen molar-refractivity contribution in [2.45, 2.75) is 0 Å². The molecule has 3 N–H and O–H groups in total. The van der Waals surface area contributed by atoms with E-state index in [4.69, 9.17) is 74.9 Å². The Balaban J connectivity index is 0.000000240. The van der Waals surface area contributed by atoms with Crippen LogP contribution >= 0.6 is 90.5 Å². The molecule has 0 saturated carbocycles. The number of thiocarbonyl (C=S) groups is 1. The highest BCUT2D eigenvalue weighted by Gasteiger charge is 2.06. The van der Waals surface area contributed by atoms with Gasteiger partial charge in [-0.25, -0.2) is 0 Å². The number of nitrogens with two attached hydrogens (primary N) is 1. The molecule has 3 aromatic carbocycles. The van der Waals surface area contributed by atoms with Crippen molar-refractivity contribution in [2.75, 3.05) is 0 Å². The second-order valence-electron chi connectivity index (χ2n) is 5.57. The molecule has 4 nitrogen and oxygen atoms in total. The number of benzene rings is 3. The Hall–Kier alpha value is -1.55. The molecule has 0 atom stereocenters. The highest BCUT2D eigenvalue weighted by atomic mass is 79.9. The van der Waals surface area contributed by atoms with Crippen LogP contribution in [0.1, 0.15) is 16.7 Å². The predicted molar refractivity (Wildman–Crippen MR) is 142 cm³/mol. The molecule has 3 aromatic rings. The molecule has 164 valence electrons. The SMILES string of the molecule is N#Cc1c(Cl)cccc1Cl.N#Cc1cc(Br)c(O)c(Br)c1.NC(=S)c1c(Cl)cccc1Cl. The molecule has 32 heavy (non-hydrogen) atoms. The average molecular weight is 655 g/mol. The van der Waals surface area contributed by atoms with Crippen LogP contribution in [-0.4, -0.2) is 10.1 Å². The Morgan fingerprint density at radius 3 is 1.53 bits per heavy atom. The maximum Gasteiger partial charge on any atom is 0.144 e. The van der Waals surface area contributed by atoms with Gasteiger partial charge < -0.3 is 10.8 Å². The third-order valence-electron chi connectivity index (χ3n) is 3.43. The minimum atomic E-state index is 0.115. The molecule has 0 amide bonds. The first kappa shape index (κ1) is 28.5. The third kappa shape index (κ3) is 8.42. The van der Waals surface area contributed by atoms with E-state index in [0.29, 0.717) is 45.7 Å². The maximum atomic E-state index is 9.22. The quantitative estimate of drug-likeness (QED) is 0.258. The van der Waals surface area contributed by atoms with Crippen LogP contribution in [-0.2, 0) is 0 Å². The summed E-state index contributed by atoms with van der Waals surface area (Å²) in [5.41, 5.74) is 6.77. The van der Waals surface area contributed by atoms with Crippen molar-refractivity contribution in [3.05, 3.63) is 94.3 Å². The van der Waals surface area contributed by atoms with Crippen LogP contribution in [0.4, 0.5) is 0 Å². The number of aromatic hydroxyl groups is 1. The number of rotatable bonds is 1. The van der Waals surface area contributed by atoms with Crippen LogP contribution in [0.2, 0.25) is 20.1 Å². The molecule has 0 radical (unpaired) electrons. The monoisotopic (exact) mass is 651 g/mol. The summed E-state index contributed by atoms with van der Waals surface area (Å²) < 4.78 is 1.03. The van der Waals surface area contributed by atoms with Gasteiger partial charge in [0.05, 0.1) is 46.2 Å². The Kier molecular flexibility index (Phi) is 12.3. The van der Waals surface area contributed by atoms with E-state index in [1.807, 2.05) is 12.1 Å². The number of phenolic OH excluding ortho intramolecular Hbond substituents is 1. The fourth-order valence-electron chi connectivity index (χ4n) is 1.97. The smallest absolute Gasteiger partial charge is 0.144 e. The lowest BCUT2D eigenvalue weighted by Crippen LogP contribution is -2.10. The maximum absolute atomic E-state index is 9.22. The standard InChI is InChI=1S/C7H3Br2NO.C7H5Cl2NS.C7H3Cl2N/c8-5-1-4(3-10)2-6(9)7(5)11;8-4-2-1-3-5(9)6(4)7(10)11;8-6-2-1-3-7(9)5(6)4-10/h1-2,11H;1-3H,(H2,10,11);1-3H. The van der Waals surface area contributed by atoms with Crippen LogP contribution in [0.25, 0.3) is 0 Å². The van der Waals surface area contributed by atoms with Crippen molar-refractivity contribution in [1.82, 2.24) is 0 Å². The van der Waals surface area contributed by atoms with Gasteiger partial charge in [0.2, 0.25) is 0 Å². The fraction of sp³-hybridized carbons (Fsp3) is 0. The van der Waals surface area contributed by atoms with Crippen molar-refractivity contribution >= 4 is 95.5 Å². The summed E-state index contributed by atoms with van der Waals surface area (Å²) in [5.74, 6) is 0.115. The molecule has 0 aliphatic heterocycles. The van der Waals surface area contributed by atoms with Gasteiger partial charge >= 0.3 is 0 Å². The first-order valence-electron chi connectivity index (χ1n) is 8.19. The first-order valence-corrected chi connectivity index (χ1v) is 11.7. The third-order valence-corrected chi connectivity index (χ3v) is 6.10. The molecule has 3 rings (SSSR count). The molecule has 0 heterocycles. The van der Waals surface area contributed by atoms with Gasteiger partial charge in [-0.3, -0.25) is 0 Å².